The minimum absolute atomic E-state index is 0.174. The molecule has 17 heavy (non-hydrogen) atoms. The lowest BCUT2D eigenvalue weighted by molar-refractivity contribution is 0.0946. The van der Waals surface area contributed by atoms with Crippen LogP contribution in [0.2, 0.25) is 5.15 Å². The van der Waals surface area contributed by atoms with Gasteiger partial charge in [0.25, 0.3) is 5.91 Å². The number of halogens is 1. The van der Waals surface area contributed by atoms with E-state index in [2.05, 4.69) is 15.3 Å². The van der Waals surface area contributed by atoms with E-state index in [4.69, 9.17) is 11.6 Å². The van der Waals surface area contributed by atoms with Crippen molar-refractivity contribution in [1.82, 2.24) is 15.3 Å². The van der Waals surface area contributed by atoms with Gasteiger partial charge in [0.1, 0.15) is 10.8 Å². The maximum atomic E-state index is 11.7. The van der Waals surface area contributed by atoms with Gasteiger partial charge in [0.2, 0.25) is 0 Å². The van der Waals surface area contributed by atoms with Crippen LogP contribution in [-0.2, 0) is 0 Å². The van der Waals surface area contributed by atoms with Crippen LogP contribution in [0.15, 0.2) is 12.4 Å². The van der Waals surface area contributed by atoms with E-state index < -0.39 is 0 Å². The van der Waals surface area contributed by atoms with Crippen molar-refractivity contribution in [2.24, 2.45) is 5.92 Å². The fourth-order valence-electron chi connectivity index (χ4n) is 2.21. The topological polar surface area (TPSA) is 54.9 Å². The molecule has 5 heteroatoms. The number of carbonyl (C=O) groups excluding carboxylic acids is 1. The van der Waals surface area contributed by atoms with E-state index in [0.717, 1.165) is 12.3 Å². The molecule has 1 aliphatic rings. The van der Waals surface area contributed by atoms with Crippen LogP contribution in [0.1, 0.15) is 42.6 Å². The number of hydrogen-bond donors (Lipinski definition) is 1. The lowest BCUT2D eigenvalue weighted by Gasteiger charge is -2.09. The van der Waals surface area contributed by atoms with E-state index in [-0.39, 0.29) is 5.91 Å². The molecule has 0 atom stereocenters. The van der Waals surface area contributed by atoms with Gasteiger partial charge in [-0.2, -0.15) is 0 Å². The van der Waals surface area contributed by atoms with Crippen molar-refractivity contribution < 1.29 is 4.79 Å². The van der Waals surface area contributed by atoms with Gasteiger partial charge in [-0.15, -0.1) is 0 Å². The largest absolute Gasteiger partial charge is 0.351 e. The first-order chi connectivity index (χ1) is 8.25. The molecule has 1 aliphatic carbocycles. The zero-order valence-corrected chi connectivity index (χ0v) is 10.4. The van der Waals surface area contributed by atoms with E-state index in [1.807, 2.05) is 0 Å². The smallest absolute Gasteiger partial charge is 0.271 e. The zero-order valence-electron chi connectivity index (χ0n) is 9.66. The molecule has 92 valence electrons. The second-order valence-corrected chi connectivity index (χ2v) is 4.81. The van der Waals surface area contributed by atoms with Crippen LogP contribution in [0.3, 0.4) is 0 Å². The Kier molecular flexibility index (Phi) is 4.31. The predicted octanol–water partition coefficient (Wildman–Crippen LogP) is 2.44. The summed E-state index contributed by atoms with van der Waals surface area (Å²) in [7, 11) is 0. The number of nitrogens with zero attached hydrogens (tertiary/aromatic N) is 2. The quantitative estimate of drug-likeness (QED) is 0.897. The Morgan fingerprint density at radius 3 is 2.76 bits per heavy atom. The summed E-state index contributed by atoms with van der Waals surface area (Å²) in [4.78, 5) is 19.4. The third kappa shape index (κ3) is 3.66. The van der Waals surface area contributed by atoms with Crippen molar-refractivity contribution in [3.05, 3.63) is 23.2 Å². The summed E-state index contributed by atoms with van der Waals surface area (Å²) in [6.45, 7) is 0.716. The lowest BCUT2D eigenvalue weighted by atomic mass is 10.0. The van der Waals surface area contributed by atoms with E-state index in [0.29, 0.717) is 17.4 Å². The number of carbonyl (C=O) groups is 1. The van der Waals surface area contributed by atoms with Crippen molar-refractivity contribution >= 4 is 17.5 Å². The molecule has 2 rings (SSSR count). The van der Waals surface area contributed by atoms with Crippen LogP contribution in [-0.4, -0.2) is 22.4 Å². The highest BCUT2D eigenvalue weighted by atomic mass is 35.5. The molecule has 0 bridgehead atoms. The standard InChI is InChI=1S/C12H16ClN3O/c13-11-8-15-10(7-16-11)12(17)14-6-5-9-3-1-2-4-9/h7-9H,1-6H2,(H,14,17). The first kappa shape index (κ1) is 12.3. The fourth-order valence-corrected chi connectivity index (χ4v) is 2.31. The predicted molar refractivity (Wildman–Crippen MR) is 66.0 cm³/mol. The van der Waals surface area contributed by atoms with Gasteiger partial charge in [0, 0.05) is 6.54 Å². The molecule has 1 saturated carbocycles. The maximum Gasteiger partial charge on any atom is 0.271 e. The van der Waals surface area contributed by atoms with Crippen molar-refractivity contribution in [3.63, 3.8) is 0 Å². The lowest BCUT2D eigenvalue weighted by Crippen LogP contribution is -2.26. The summed E-state index contributed by atoms with van der Waals surface area (Å²) in [6, 6.07) is 0. The molecule has 0 saturated heterocycles. The van der Waals surface area contributed by atoms with Gasteiger partial charge in [0.15, 0.2) is 0 Å². The Balaban J connectivity index is 1.75. The average molecular weight is 254 g/mol. The molecule has 1 N–H and O–H groups in total. The summed E-state index contributed by atoms with van der Waals surface area (Å²) >= 11 is 5.60. The first-order valence-electron chi connectivity index (χ1n) is 6.01. The van der Waals surface area contributed by atoms with E-state index >= 15 is 0 Å². The second kappa shape index (κ2) is 5.96. The highest BCUT2D eigenvalue weighted by Crippen LogP contribution is 2.26. The van der Waals surface area contributed by atoms with Crippen LogP contribution in [0, 0.1) is 5.92 Å². The van der Waals surface area contributed by atoms with Crippen LogP contribution >= 0.6 is 11.6 Å². The van der Waals surface area contributed by atoms with Gasteiger partial charge >= 0.3 is 0 Å². The molecule has 1 aromatic rings. The van der Waals surface area contributed by atoms with E-state index in [1.165, 1.54) is 38.1 Å². The minimum atomic E-state index is -0.174. The Morgan fingerprint density at radius 1 is 1.35 bits per heavy atom. The molecule has 1 heterocycles. The van der Waals surface area contributed by atoms with Gasteiger partial charge in [-0.3, -0.25) is 4.79 Å². The highest BCUT2D eigenvalue weighted by molar-refractivity contribution is 6.29. The van der Waals surface area contributed by atoms with Crippen LogP contribution < -0.4 is 5.32 Å². The van der Waals surface area contributed by atoms with E-state index in [1.54, 1.807) is 0 Å². The average Bonchev–Trinajstić information content (AvgIpc) is 2.83. The number of rotatable bonds is 4. The Bertz CT molecular complexity index is 374. The molecule has 0 radical (unpaired) electrons. The molecule has 1 amide bonds. The zero-order chi connectivity index (χ0) is 12.1. The van der Waals surface area contributed by atoms with Gasteiger partial charge in [0.05, 0.1) is 12.4 Å². The Labute approximate surface area is 106 Å². The minimum Gasteiger partial charge on any atom is -0.351 e. The third-order valence-electron chi connectivity index (χ3n) is 3.17. The number of nitrogens with one attached hydrogen (secondary N) is 1. The summed E-state index contributed by atoms with van der Waals surface area (Å²) in [5.74, 6) is 0.610. The molecule has 0 spiro atoms. The fraction of sp³-hybridized carbons (Fsp3) is 0.583. The molecular weight excluding hydrogens is 238 g/mol. The van der Waals surface area contributed by atoms with Crippen molar-refractivity contribution in [3.8, 4) is 0 Å². The summed E-state index contributed by atoms with van der Waals surface area (Å²) in [5.41, 5.74) is 0.320. The third-order valence-corrected chi connectivity index (χ3v) is 3.36. The number of aromatic nitrogens is 2. The summed E-state index contributed by atoms with van der Waals surface area (Å²) < 4.78 is 0. The van der Waals surface area contributed by atoms with Crippen molar-refractivity contribution in [2.45, 2.75) is 32.1 Å². The van der Waals surface area contributed by atoms with Crippen molar-refractivity contribution in [2.75, 3.05) is 6.54 Å². The molecular formula is C12H16ClN3O. The Hall–Kier alpha value is -1.16. The van der Waals surface area contributed by atoms with Crippen LogP contribution in [0.4, 0.5) is 0 Å². The van der Waals surface area contributed by atoms with Gasteiger partial charge in [-0.05, 0) is 12.3 Å². The number of hydrogen-bond acceptors (Lipinski definition) is 3. The maximum absolute atomic E-state index is 11.7. The SMILES string of the molecule is O=C(NCCC1CCCC1)c1cnc(Cl)cn1. The van der Waals surface area contributed by atoms with Crippen LogP contribution in [0.25, 0.3) is 0 Å². The molecule has 0 unspecified atom stereocenters. The number of amides is 1. The molecule has 1 fully saturated rings. The molecule has 0 aromatic carbocycles. The molecule has 4 nitrogen and oxygen atoms in total. The molecule has 1 aromatic heterocycles. The summed E-state index contributed by atoms with van der Waals surface area (Å²) in [5, 5.41) is 3.16. The highest BCUT2D eigenvalue weighted by Gasteiger charge is 2.15. The van der Waals surface area contributed by atoms with Crippen molar-refractivity contribution in [1.29, 1.82) is 0 Å². The molecule has 0 aliphatic heterocycles. The van der Waals surface area contributed by atoms with Gasteiger partial charge in [-0.1, -0.05) is 37.3 Å². The summed E-state index contributed by atoms with van der Waals surface area (Å²) in [6.07, 6.45) is 9.11. The monoisotopic (exact) mass is 253 g/mol. The van der Waals surface area contributed by atoms with Crippen LogP contribution in [0.5, 0.6) is 0 Å². The Morgan fingerprint density at radius 2 is 2.12 bits per heavy atom. The van der Waals surface area contributed by atoms with E-state index in [9.17, 15) is 4.79 Å². The first-order valence-corrected chi connectivity index (χ1v) is 6.39. The normalized spacial score (nSPS) is 16.1. The van der Waals surface area contributed by atoms with Gasteiger partial charge < -0.3 is 5.32 Å². The van der Waals surface area contributed by atoms with Gasteiger partial charge in [-0.25, -0.2) is 9.97 Å². The second-order valence-electron chi connectivity index (χ2n) is 4.42.